The summed E-state index contributed by atoms with van der Waals surface area (Å²) in [6.07, 6.45) is 0. The van der Waals surface area contributed by atoms with Crippen molar-refractivity contribution in [2.24, 2.45) is 0 Å². The number of carbonyl (C=O) groups is 2. The van der Waals surface area contributed by atoms with E-state index < -0.39 is 0 Å². The highest BCUT2D eigenvalue weighted by Gasteiger charge is 2.09. The molecule has 2 N–H and O–H groups in total. The van der Waals surface area contributed by atoms with Gasteiger partial charge in [-0.3, -0.25) is 9.59 Å². The molecule has 0 fully saturated rings. The third-order valence-corrected chi connectivity index (χ3v) is 3.43. The van der Waals surface area contributed by atoms with Gasteiger partial charge in [-0.25, -0.2) is 0 Å². The number of ketones is 1. The molecule has 0 aliphatic rings. The number of amides is 1. The van der Waals surface area contributed by atoms with Gasteiger partial charge in [0.05, 0.1) is 17.1 Å². The number of hydrogen-bond donors (Lipinski definition) is 2. The number of rotatable bonds is 5. The molecular formula is C17H14ClN3O2. The van der Waals surface area contributed by atoms with Crippen molar-refractivity contribution in [2.75, 3.05) is 17.2 Å². The Morgan fingerprint density at radius 3 is 2.61 bits per heavy atom. The summed E-state index contributed by atoms with van der Waals surface area (Å²) in [7, 11) is 0. The lowest BCUT2D eigenvalue weighted by molar-refractivity contribution is -0.114. The fourth-order valence-electron chi connectivity index (χ4n) is 2.01. The average molecular weight is 328 g/mol. The summed E-state index contributed by atoms with van der Waals surface area (Å²) >= 11 is 5.91. The van der Waals surface area contributed by atoms with E-state index >= 15 is 0 Å². The van der Waals surface area contributed by atoms with Gasteiger partial charge in [0.25, 0.3) is 0 Å². The molecule has 0 heterocycles. The molecule has 0 saturated heterocycles. The smallest absolute Gasteiger partial charge is 0.243 e. The van der Waals surface area contributed by atoms with Crippen LogP contribution in [0.5, 0.6) is 0 Å². The largest absolute Gasteiger partial charge is 0.376 e. The molecule has 0 aromatic heterocycles. The summed E-state index contributed by atoms with van der Waals surface area (Å²) in [5.74, 6) is -0.364. The Morgan fingerprint density at radius 1 is 1.22 bits per heavy atom. The Balaban J connectivity index is 2.00. The van der Waals surface area contributed by atoms with Gasteiger partial charge in [0.2, 0.25) is 5.91 Å². The van der Waals surface area contributed by atoms with E-state index in [-0.39, 0.29) is 23.3 Å². The molecule has 0 radical (unpaired) electrons. The Kier molecular flexibility index (Phi) is 5.34. The van der Waals surface area contributed by atoms with E-state index in [1.807, 2.05) is 6.07 Å². The van der Waals surface area contributed by atoms with Crippen molar-refractivity contribution >= 4 is 34.7 Å². The topological polar surface area (TPSA) is 82.0 Å². The van der Waals surface area contributed by atoms with Crippen LogP contribution >= 0.6 is 11.6 Å². The minimum absolute atomic E-state index is 0.00190. The maximum Gasteiger partial charge on any atom is 0.243 e. The fourth-order valence-corrected chi connectivity index (χ4v) is 2.23. The van der Waals surface area contributed by atoms with E-state index in [1.54, 1.807) is 30.3 Å². The quantitative estimate of drug-likeness (QED) is 0.824. The number of nitriles is 1. The summed E-state index contributed by atoms with van der Waals surface area (Å²) < 4.78 is 0. The van der Waals surface area contributed by atoms with Crippen molar-refractivity contribution in [2.45, 2.75) is 6.92 Å². The Morgan fingerprint density at radius 2 is 1.96 bits per heavy atom. The molecule has 0 aliphatic carbocycles. The SMILES string of the molecule is CC(=O)c1ccccc1NCC(=O)Nc1ccc(C#N)c(Cl)c1. The summed E-state index contributed by atoms with van der Waals surface area (Å²) in [5, 5.41) is 14.7. The molecule has 1 amide bonds. The number of anilines is 2. The number of hydrogen-bond acceptors (Lipinski definition) is 4. The molecule has 0 saturated carbocycles. The Labute approximate surface area is 138 Å². The number of benzene rings is 2. The van der Waals surface area contributed by atoms with Crippen LogP contribution in [-0.2, 0) is 4.79 Å². The van der Waals surface area contributed by atoms with Gasteiger partial charge in [0.15, 0.2) is 5.78 Å². The van der Waals surface area contributed by atoms with Crippen LogP contribution in [0, 0.1) is 11.3 Å². The molecule has 0 atom stereocenters. The van der Waals surface area contributed by atoms with E-state index in [9.17, 15) is 9.59 Å². The highest BCUT2D eigenvalue weighted by Crippen LogP contribution is 2.20. The fraction of sp³-hybridized carbons (Fsp3) is 0.118. The molecule has 0 bridgehead atoms. The van der Waals surface area contributed by atoms with Gasteiger partial charge in [-0.2, -0.15) is 5.26 Å². The van der Waals surface area contributed by atoms with Crippen molar-refractivity contribution in [3.8, 4) is 6.07 Å². The number of halogens is 1. The van der Waals surface area contributed by atoms with E-state index in [0.717, 1.165) is 0 Å². The first-order valence-electron chi connectivity index (χ1n) is 6.84. The summed E-state index contributed by atoms with van der Waals surface area (Å²) in [5.41, 5.74) is 1.98. The Bertz CT molecular complexity index is 797. The molecule has 2 aromatic rings. The van der Waals surface area contributed by atoms with Crippen molar-refractivity contribution in [3.05, 3.63) is 58.6 Å². The zero-order chi connectivity index (χ0) is 16.8. The molecule has 116 valence electrons. The zero-order valence-corrected chi connectivity index (χ0v) is 13.1. The monoisotopic (exact) mass is 327 g/mol. The van der Waals surface area contributed by atoms with Crippen LogP contribution in [0.3, 0.4) is 0 Å². The molecule has 2 aromatic carbocycles. The number of carbonyl (C=O) groups excluding carboxylic acids is 2. The summed E-state index contributed by atoms with van der Waals surface area (Å²) in [6.45, 7) is 1.47. The average Bonchev–Trinajstić information content (AvgIpc) is 2.53. The van der Waals surface area contributed by atoms with Crippen LogP contribution in [0.4, 0.5) is 11.4 Å². The Hall–Kier alpha value is -2.84. The summed E-state index contributed by atoms with van der Waals surface area (Å²) in [6, 6.07) is 13.6. The second-order valence-corrected chi connectivity index (χ2v) is 5.22. The molecule has 0 unspecified atom stereocenters. The third kappa shape index (κ3) is 4.31. The maximum absolute atomic E-state index is 12.0. The zero-order valence-electron chi connectivity index (χ0n) is 12.4. The highest BCUT2D eigenvalue weighted by atomic mass is 35.5. The first-order chi connectivity index (χ1) is 11.0. The van der Waals surface area contributed by atoms with Crippen LogP contribution < -0.4 is 10.6 Å². The van der Waals surface area contributed by atoms with Gasteiger partial charge in [-0.15, -0.1) is 0 Å². The van der Waals surface area contributed by atoms with Gasteiger partial charge in [-0.1, -0.05) is 23.7 Å². The molecule has 0 aliphatic heterocycles. The standard InChI is InChI=1S/C17H14ClN3O2/c1-11(22)14-4-2-3-5-16(14)20-10-17(23)21-13-7-6-12(9-19)15(18)8-13/h2-8,20H,10H2,1H3,(H,21,23). The van der Waals surface area contributed by atoms with Crippen LogP contribution in [0.1, 0.15) is 22.8 Å². The van der Waals surface area contributed by atoms with Crippen LogP contribution in [-0.4, -0.2) is 18.2 Å². The predicted octanol–water partition coefficient (Wildman–Crippen LogP) is 3.46. The minimum atomic E-state index is -0.288. The van der Waals surface area contributed by atoms with Crippen molar-refractivity contribution < 1.29 is 9.59 Å². The number of nitrogens with zero attached hydrogens (tertiary/aromatic N) is 1. The number of nitrogens with one attached hydrogen (secondary N) is 2. The van der Waals surface area contributed by atoms with Crippen LogP contribution in [0.25, 0.3) is 0 Å². The normalized spacial score (nSPS) is 9.78. The van der Waals surface area contributed by atoms with E-state index in [2.05, 4.69) is 10.6 Å². The first kappa shape index (κ1) is 16.5. The molecule has 23 heavy (non-hydrogen) atoms. The predicted molar refractivity (Wildman–Crippen MR) is 89.7 cm³/mol. The van der Waals surface area contributed by atoms with Crippen molar-refractivity contribution in [1.29, 1.82) is 5.26 Å². The third-order valence-electron chi connectivity index (χ3n) is 3.12. The number of para-hydroxylation sites is 1. The van der Waals surface area contributed by atoms with Gasteiger partial charge in [0.1, 0.15) is 6.07 Å². The lowest BCUT2D eigenvalue weighted by atomic mass is 10.1. The highest BCUT2D eigenvalue weighted by molar-refractivity contribution is 6.32. The molecule has 0 spiro atoms. The van der Waals surface area contributed by atoms with Gasteiger partial charge < -0.3 is 10.6 Å². The maximum atomic E-state index is 12.0. The van der Waals surface area contributed by atoms with E-state index in [0.29, 0.717) is 22.5 Å². The van der Waals surface area contributed by atoms with Crippen molar-refractivity contribution in [3.63, 3.8) is 0 Å². The van der Waals surface area contributed by atoms with Crippen LogP contribution in [0.15, 0.2) is 42.5 Å². The minimum Gasteiger partial charge on any atom is -0.376 e. The van der Waals surface area contributed by atoms with Gasteiger partial charge in [0, 0.05) is 16.9 Å². The summed E-state index contributed by atoms with van der Waals surface area (Å²) in [4.78, 5) is 23.5. The van der Waals surface area contributed by atoms with Gasteiger partial charge >= 0.3 is 0 Å². The first-order valence-corrected chi connectivity index (χ1v) is 7.22. The molecule has 6 heteroatoms. The second-order valence-electron chi connectivity index (χ2n) is 4.81. The molecular weight excluding hydrogens is 314 g/mol. The van der Waals surface area contributed by atoms with E-state index in [1.165, 1.54) is 19.1 Å². The number of Topliss-reactive ketones (excluding diaryl/α,β-unsaturated/α-hetero) is 1. The van der Waals surface area contributed by atoms with Crippen molar-refractivity contribution in [1.82, 2.24) is 0 Å². The lowest BCUT2D eigenvalue weighted by Gasteiger charge is -2.11. The molecule has 5 nitrogen and oxygen atoms in total. The van der Waals surface area contributed by atoms with Gasteiger partial charge in [-0.05, 0) is 37.3 Å². The molecule has 2 rings (SSSR count). The van der Waals surface area contributed by atoms with E-state index in [4.69, 9.17) is 16.9 Å². The lowest BCUT2D eigenvalue weighted by Crippen LogP contribution is -2.22. The second kappa shape index (κ2) is 7.43. The van der Waals surface area contributed by atoms with Crippen LogP contribution in [0.2, 0.25) is 5.02 Å².